The van der Waals surface area contributed by atoms with Gasteiger partial charge in [-0.05, 0) is 30.5 Å². The molecule has 3 rings (SSSR count). The maximum atomic E-state index is 5.58. The van der Waals surface area contributed by atoms with E-state index in [1.807, 2.05) is 13.0 Å². The van der Waals surface area contributed by atoms with Gasteiger partial charge in [0.1, 0.15) is 5.76 Å². The van der Waals surface area contributed by atoms with E-state index >= 15 is 0 Å². The monoisotopic (exact) mass is 272 g/mol. The van der Waals surface area contributed by atoms with Crippen LogP contribution in [0.25, 0.3) is 0 Å². The van der Waals surface area contributed by atoms with Crippen molar-refractivity contribution in [3.8, 4) is 5.88 Å². The van der Waals surface area contributed by atoms with Crippen molar-refractivity contribution in [1.82, 2.24) is 10.5 Å². The number of nitrogens with zero attached hydrogens (tertiary/aromatic N) is 1. The number of benzene rings is 1. The van der Waals surface area contributed by atoms with Crippen molar-refractivity contribution >= 4 is 0 Å². The summed E-state index contributed by atoms with van der Waals surface area (Å²) in [4.78, 5) is 0. The molecule has 1 unspecified atom stereocenters. The van der Waals surface area contributed by atoms with Crippen LogP contribution in [0, 0.1) is 0 Å². The van der Waals surface area contributed by atoms with Gasteiger partial charge in [-0.1, -0.05) is 30.3 Å². The number of hydrogen-bond acceptors (Lipinski definition) is 4. The van der Waals surface area contributed by atoms with Crippen LogP contribution in [-0.2, 0) is 13.0 Å². The Labute approximate surface area is 119 Å². The van der Waals surface area contributed by atoms with E-state index in [0.29, 0.717) is 12.5 Å². The second kappa shape index (κ2) is 6.09. The molecule has 0 bridgehead atoms. The molecule has 0 radical (unpaired) electrons. The van der Waals surface area contributed by atoms with Gasteiger partial charge in [-0.2, -0.15) is 0 Å². The van der Waals surface area contributed by atoms with E-state index in [-0.39, 0.29) is 6.04 Å². The first-order valence-electron chi connectivity index (χ1n) is 7.27. The molecule has 0 aliphatic heterocycles. The summed E-state index contributed by atoms with van der Waals surface area (Å²) in [6.45, 7) is 3.43. The molecular weight excluding hydrogens is 252 g/mol. The molecule has 1 aromatic heterocycles. The normalized spacial score (nSPS) is 17.8. The summed E-state index contributed by atoms with van der Waals surface area (Å²) in [6, 6.07) is 10.7. The zero-order chi connectivity index (χ0) is 13.8. The molecule has 2 aromatic rings. The van der Waals surface area contributed by atoms with Crippen LogP contribution in [0.1, 0.15) is 42.7 Å². The lowest BCUT2D eigenvalue weighted by atomic mass is 9.93. The van der Waals surface area contributed by atoms with E-state index < -0.39 is 0 Å². The molecule has 0 fully saturated rings. The Hall–Kier alpha value is -1.81. The quantitative estimate of drug-likeness (QED) is 0.907. The average Bonchev–Trinajstić information content (AvgIpc) is 2.91. The lowest BCUT2D eigenvalue weighted by molar-refractivity contribution is 0.289. The number of nitrogens with one attached hydrogen (secondary N) is 1. The van der Waals surface area contributed by atoms with Gasteiger partial charge < -0.3 is 14.6 Å². The van der Waals surface area contributed by atoms with Crippen LogP contribution in [0.15, 0.2) is 34.9 Å². The number of hydrogen-bond donors (Lipinski definition) is 1. The molecule has 106 valence electrons. The van der Waals surface area contributed by atoms with Crippen molar-refractivity contribution in [1.29, 1.82) is 0 Å². The second-order valence-corrected chi connectivity index (χ2v) is 5.07. The third kappa shape index (κ3) is 2.70. The predicted molar refractivity (Wildman–Crippen MR) is 76.6 cm³/mol. The summed E-state index contributed by atoms with van der Waals surface area (Å²) >= 11 is 0. The predicted octanol–water partition coefficient (Wildman–Crippen LogP) is 3.24. The number of rotatable bonds is 5. The summed E-state index contributed by atoms with van der Waals surface area (Å²) in [7, 11) is 0. The minimum atomic E-state index is 0.270. The highest BCUT2D eigenvalue weighted by atomic mass is 16.5. The summed E-state index contributed by atoms with van der Waals surface area (Å²) in [5.74, 6) is 1.64. The SMILES string of the molecule is CCOc1noc2c1C(NCc1ccccc1)CCC2. The Bertz CT molecular complexity index is 551. The summed E-state index contributed by atoms with van der Waals surface area (Å²) in [5, 5.41) is 7.65. The number of ether oxygens (including phenoxy) is 1. The molecule has 4 nitrogen and oxygen atoms in total. The summed E-state index contributed by atoms with van der Waals surface area (Å²) in [5.41, 5.74) is 2.41. The molecule has 1 aromatic carbocycles. The highest BCUT2D eigenvalue weighted by molar-refractivity contribution is 5.34. The minimum Gasteiger partial charge on any atom is -0.476 e. The lowest BCUT2D eigenvalue weighted by Crippen LogP contribution is -2.24. The largest absolute Gasteiger partial charge is 0.476 e. The van der Waals surface area contributed by atoms with Crippen molar-refractivity contribution < 1.29 is 9.26 Å². The fourth-order valence-corrected chi connectivity index (χ4v) is 2.73. The van der Waals surface area contributed by atoms with Gasteiger partial charge in [-0.25, -0.2) is 0 Å². The Balaban J connectivity index is 1.74. The molecule has 0 amide bonds. The lowest BCUT2D eigenvalue weighted by Gasteiger charge is -2.22. The van der Waals surface area contributed by atoms with E-state index in [1.54, 1.807) is 0 Å². The standard InChI is InChI=1S/C16H20N2O2/c1-2-19-16-15-13(9-6-10-14(15)20-18-16)17-11-12-7-4-3-5-8-12/h3-5,7-8,13,17H,2,6,9-11H2,1H3. The van der Waals surface area contributed by atoms with Crippen molar-refractivity contribution in [2.24, 2.45) is 0 Å². The fraction of sp³-hybridized carbons (Fsp3) is 0.438. The number of aromatic nitrogens is 1. The first-order valence-corrected chi connectivity index (χ1v) is 7.27. The van der Waals surface area contributed by atoms with E-state index in [1.165, 1.54) is 5.56 Å². The van der Waals surface area contributed by atoms with E-state index in [9.17, 15) is 0 Å². The molecule has 1 aliphatic rings. The van der Waals surface area contributed by atoms with Gasteiger partial charge in [0.05, 0.1) is 12.2 Å². The smallest absolute Gasteiger partial charge is 0.259 e. The Morgan fingerprint density at radius 2 is 2.20 bits per heavy atom. The Morgan fingerprint density at radius 1 is 1.35 bits per heavy atom. The molecule has 0 spiro atoms. The van der Waals surface area contributed by atoms with Gasteiger partial charge in [-0.15, -0.1) is 0 Å². The maximum absolute atomic E-state index is 5.58. The number of fused-ring (bicyclic) bond motifs is 1. The third-order valence-electron chi connectivity index (χ3n) is 3.69. The Morgan fingerprint density at radius 3 is 3.00 bits per heavy atom. The van der Waals surface area contributed by atoms with Crippen LogP contribution in [0.3, 0.4) is 0 Å². The van der Waals surface area contributed by atoms with Gasteiger partial charge in [-0.3, -0.25) is 0 Å². The average molecular weight is 272 g/mol. The molecule has 0 saturated carbocycles. The minimum absolute atomic E-state index is 0.270. The van der Waals surface area contributed by atoms with Crippen molar-refractivity contribution in [3.05, 3.63) is 47.2 Å². The summed E-state index contributed by atoms with van der Waals surface area (Å²) in [6.07, 6.45) is 3.18. The van der Waals surface area contributed by atoms with Gasteiger partial charge in [0.25, 0.3) is 5.88 Å². The topological polar surface area (TPSA) is 47.3 Å². The zero-order valence-electron chi connectivity index (χ0n) is 11.8. The highest BCUT2D eigenvalue weighted by Gasteiger charge is 2.28. The second-order valence-electron chi connectivity index (χ2n) is 5.07. The maximum Gasteiger partial charge on any atom is 0.259 e. The van der Waals surface area contributed by atoms with Crippen LogP contribution >= 0.6 is 0 Å². The number of aryl methyl sites for hydroxylation is 1. The molecule has 1 heterocycles. The van der Waals surface area contributed by atoms with Gasteiger partial charge in [0.15, 0.2) is 0 Å². The van der Waals surface area contributed by atoms with Crippen LogP contribution in [0.2, 0.25) is 0 Å². The Kier molecular flexibility index (Phi) is 4.02. The van der Waals surface area contributed by atoms with Crippen LogP contribution in [0.5, 0.6) is 5.88 Å². The first-order chi connectivity index (χ1) is 9.88. The van der Waals surface area contributed by atoms with Crippen molar-refractivity contribution in [3.63, 3.8) is 0 Å². The summed E-state index contributed by atoms with van der Waals surface area (Å²) < 4.78 is 11.0. The molecular formula is C16H20N2O2. The first kappa shape index (κ1) is 13.2. The molecule has 1 N–H and O–H groups in total. The molecule has 20 heavy (non-hydrogen) atoms. The zero-order valence-corrected chi connectivity index (χ0v) is 11.8. The van der Waals surface area contributed by atoms with Gasteiger partial charge >= 0.3 is 0 Å². The molecule has 4 heteroatoms. The van der Waals surface area contributed by atoms with Crippen LogP contribution in [0.4, 0.5) is 0 Å². The van der Waals surface area contributed by atoms with Crippen LogP contribution in [-0.4, -0.2) is 11.8 Å². The molecule has 1 aliphatic carbocycles. The molecule has 1 atom stereocenters. The van der Waals surface area contributed by atoms with Gasteiger partial charge in [0, 0.05) is 19.0 Å². The van der Waals surface area contributed by atoms with E-state index in [2.05, 4.69) is 34.7 Å². The van der Waals surface area contributed by atoms with E-state index in [4.69, 9.17) is 9.26 Å². The fourth-order valence-electron chi connectivity index (χ4n) is 2.73. The van der Waals surface area contributed by atoms with Gasteiger partial charge in [0.2, 0.25) is 0 Å². The highest BCUT2D eigenvalue weighted by Crippen LogP contribution is 2.36. The molecule has 0 saturated heterocycles. The third-order valence-corrected chi connectivity index (χ3v) is 3.69. The van der Waals surface area contributed by atoms with E-state index in [0.717, 1.165) is 37.1 Å². The van der Waals surface area contributed by atoms with Crippen molar-refractivity contribution in [2.75, 3.05) is 6.61 Å². The van der Waals surface area contributed by atoms with Crippen molar-refractivity contribution in [2.45, 2.75) is 38.8 Å². The van der Waals surface area contributed by atoms with Crippen LogP contribution < -0.4 is 10.1 Å².